The third kappa shape index (κ3) is 6.62. The van der Waals surface area contributed by atoms with E-state index in [1.165, 1.54) is 12.1 Å². The second-order valence-electron chi connectivity index (χ2n) is 3.41. The van der Waals surface area contributed by atoms with Crippen LogP contribution in [0, 0.1) is 6.92 Å². The third-order valence-electron chi connectivity index (χ3n) is 1.81. The second-order valence-corrected chi connectivity index (χ2v) is 4.79. The molecule has 4 nitrogen and oxygen atoms in total. The molecule has 16 heavy (non-hydrogen) atoms. The van der Waals surface area contributed by atoms with Crippen LogP contribution in [0.15, 0.2) is 29.2 Å². The number of epoxide rings is 1. The first-order valence-corrected chi connectivity index (χ1v) is 5.94. The van der Waals surface area contributed by atoms with Gasteiger partial charge in [0.1, 0.15) is 10.1 Å². The summed E-state index contributed by atoms with van der Waals surface area (Å²) in [5, 5.41) is 0. The van der Waals surface area contributed by atoms with E-state index in [2.05, 4.69) is 6.92 Å². The molecule has 0 amide bonds. The van der Waals surface area contributed by atoms with Crippen molar-refractivity contribution in [2.45, 2.75) is 24.8 Å². The Hall–Kier alpha value is 0.0900. The molecule has 1 aromatic rings. The maximum Gasteiger partial charge on any atom is 1.00 e. The third-order valence-corrected chi connectivity index (χ3v) is 2.66. The molecule has 2 rings (SSSR count). The van der Waals surface area contributed by atoms with Crippen LogP contribution in [0.5, 0.6) is 0 Å². The summed E-state index contributed by atoms with van der Waals surface area (Å²) in [7, 11) is -4.27. The van der Waals surface area contributed by atoms with Gasteiger partial charge in [0.05, 0.1) is 17.6 Å². The zero-order chi connectivity index (χ0) is 11.5. The molecule has 0 aliphatic carbocycles. The van der Waals surface area contributed by atoms with Crippen molar-refractivity contribution in [2.75, 3.05) is 6.61 Å². The first-order valence-electron chi connectivity index (χ1n) is 4.54. The van der Waals surface area contributed by atoms with Crippen LogP contribution in [0.25, 0.3) is 0 Å². The first-order chi connectivity index (χ1) is 6.89. The van der Waals surface area contributed by atoms with E-state index in [0.717, 1.165) is 12.2 Å². The molecule has 1 heterocycles. The Morgan fingerprint density at radius 1 is 1.31 bits per heavy atom. The summed E-state index contributed by atoms with van der Waals surface area (Å²) >= 11 is 0. The summed E-state index contributed by atoms with van der Waals surface area (Å²) in [4.78, 5) is -0.178. The molecule has 0 unspecified atom stereocenters. The van der Waals surface area contributed by atoms with E-state index in [1.54, 1.807) is 12.1 Å². The minimum atomic E-state index is -4.27. The molecule has 0 aromatic heterocycles. The fourth-order valence-electron chi connectivity index (χ4n) is 0.801. The van der Waals surface area contributed by atoms with Gasteiger partial charge in [-0.25, -0.2) is 8.42 Å². The molecule has 0 N–H and O–H groups in total. The monoisotopic (exact) mass is 252 g/mol. The first kappa shape index (κ1) is 16.1. The van der Waals surface area contributed by atoms with E-state index in [9.17, 15) is 13.0 Å². The van der Waals surface area contributed by atoms with Crippen molar-refractivity contribution in [1.82, 2.24) is 0 Å². The van der Waals surface area contributed by atoms with Gasteiger partial charge in [0.2, 0.25) is 0 Å². The van der Waals surface area contributed by atoms with Crippen molar-refractivity contribution < 1.29 is 47.3 Å². The maximum absolute atomic E-state index is 10.4. The molecule has 84 valence electrons. The number of hydrogen-bond donors (Lipinski definition) is 0. The van der Waals surface area contributed by atoms with Gasteiger partial charge in [-0.2, -0.15) is 0 Å². The van der Waals surface area contributed by atoms with E-state index in [-0.39, 0.29) is 34.5 Å². The van der Waals surface area contributed by atoms with Crippen molar-refractivity contribution in [3.63, 3.8) is 0 Å². The molecule has 1 aliphatic heterocycles. The van der Waals surface area contributed by atoms with Crippen LogP contribution < -0.4 is 29.6 Å². The van der Waals surface area contributed by atoms with Gasteiger partial charge in [0.25, 0.3) is 0 Å². The Labute approximate surface area is 118 Å². The van der Waals surface area contributed by atoms with Crippen molar-refractivity contribution in [2.24, 2.45) is 0 Å². The van der Waals surface area contributed by atoms with E-state index in [1.807, 2.05) is 6.92 Å². The van der Waals surface area contributed by atoms with Gasteiger partial charge in [0.15, 0.2) is 0 Å². The van der Waals surface area contributed by atoms with Crippen LogP contribution >= 0.6 is 0 Å². The van der Waals surface area contributed by atoms with Gasteiger partial charge in [-0.1, -0.05) is 17.7 Å². The minimum Gasteiger partial charge on any atom is -0.744 e. The van der Waals surface area contributed by atoms with Gasteiger partial charge < -0.3 is 9.29 Å². The second kappa shape index (κ2) is 6.74. The average molecular weight is 252 g/mol. The van der Waals surface area contributed by atoms with Gasteiger partial charge in [0, 0.05) is 0 Å². The SMILES string of the molecule is C[C@@H]1CO1.Cc1ccc(S(=O)(=O)[O-])cc1.[Na+]. The largest absolute Gasteiger partial charge is 1.00 e. The maximum atomic E-state index is 10.4. The van der Waals surface area contributed by atoms with E-state index < -0.39 is 10.1 Å². The molecular formula is C10H13NaO4S. The van der Waals surface area contributed by atoms with Gasteiger partial charge in [-0.15, -0.1) is 0 Å². The molecule has 0 saturated carbocycles. The normalized spacial score (nSPS) is 17.8. The number of ether oxygens (including phenoxy) is 1. The van der Waals surface area contributed by atoms with E-state index in [0.29, 0.717) is 6.10 Å². The fraction of sp³-hybridized carbons (Fsp3) is 0.400. The number of aryl methyl sites for hydroxylation is 1. The average Bonchev–Trinajstić information content (AvgIpc) is 2.88. The van der Waals surface area contributed by atoms with Crippen LogP contribution in [-0.2, 0) is 14.9 Å². The Morgan fingerprint density at radius 3 is 1.94 bits per heavy atom. The van der Waals surface area contributed by atoms with Crippen molar-refractivity contribution in [3.8, 4) is 0 Å². The molecule has 6 heteroatoms. The molecule has 1 atom stereocenters. The molecular weight excluding hydrogens is 239 g/mol. The Bertz CT molecular complexity index is 409. The Morgan fingerprint density at radius 2 is 1.69 bits per heavy atom. The quantitative estimate of drug-likeness (QED) is 0.340. The Balaban J connectivity index is 0.000000380. The van der Waals surface area contributed by atoms with Crippen molar-refractivity contribution in [1.29, 1.82) is 0 Å². The summed E-state index contributed by atoms with van der Waals surface area (Å²) in [6, 6.07) is 5.78. The predicted octanol–water partition coefficient (Wildman–Crippen LogP) is -1.69. The van der Waals surface area contributed by atoms with Crippen LogP contribution in [0.3, 0.4) is 0 Å². The topological polar surface area (TPSA) is 69.7 Å². The molecule has 1 fully saturated rings. The standard InChI is InChI=1S/C7H8O3S.C3H6O.Na/c1-6-2-4-7(5-3-6)11(8,9)10;1-3-2-4-3;/h2-5H,1H3,(H,8,9,10);3H,2H2,1H3;/q;;+1/p-1/t;3-;/m.1./s1. The summed E-state index contributed by atoms with van der Waals surface area (Å²) in [5.74, 6) is 0. The zero-order valence-corrected chi connectivity index (χ0v) is 12.5. The van der Waals surface area contributed by atoms with Crippen LogP contribution in [0.2, 0.25) is 0 Å². The van der Waals surface area contributed by atoms with Crippen LogP contribution in [0.1, 0.15) is 12.5 Å². The molecule has 1 aliphatic rings. The smallest absolute Gasteiger partial charge is 0.744 e. The van der Waals surface area contributed by atoms with Gasteiger partial charge in [-0.3, -0.25) is 0 Å². The van der Waals surface area contributed by atoms with Crippen LogP contribution in [0.4, 0.5) is 0 Å². The molecule has 1 aromatic carbocycles. The number of benzene rings is 1. The molecule has 1 saturated heterocycles. The van der Waals surface area contributed by atoms with Crippen molar-refractivity contribution >= 4 is 10.1 Å². The zero-order valence-electron chi connectivity index (χ0n) is 9.64. The summed E-state index contributed by atoms with van der Waals surface area (Å²) in [5.41, 5.74) is 0.928. The van der Waals surface area contributed by atoms with Crippen molar-refractivity contribution in [3.05, 3.63) is 29.8 Å². The van der Waals surface area contributed by atoms with Gasteiger partial charge >= 0.3 is 29.6 Å². The predicted molar refractivity (Wildman–Crippen MR) is 54.6 cm³/mol. The Kier molecular flexibility index (Phi) is 6.77. The van der Waals surface area contributed by atoms with Crippen LogP contribution in [-0.4, -0.2) is 25.7 Å². The number of rotatable bonds is 1. The van der Waals surface area contributed by atoms with E-state index >= 15 is 0 Å². The summed E-state index contributed by atoms with van der Waals surface area (Å²) < 4.78 is 35.9. The van der Waals surface area contributed by atoms with Gasteiger partial charge in [-0.05, 0) is 26.0 Å². The minimum absolute atomic E-state index is 0. The summed E-state index contributed by atoms with van der Waals surface area (Å²) in [6.45, 7) is 4.86. The summed E-state index contributed by atoms with van der Waals surface area (Å²) in [6.07, 6.45) is 0.583. The molecule has 0 radical (unpaired) electrons. The fourth-order valence-corrected chi connectivity index (χ4v) is 1.27. The molecule has 0 spiro atoms. The van der Waals surface area contributed by atoms with E-state index in [4.69, 9.17) is 4.74 Å². The molecule has 0 bridgehead atoms. The number of hydrogen-bond acceptors (Lipinski definition) is 4.